The van der Waals surface area contributed by atoms with Gasteiger partial charge in [0.15, 0.2) is 0 Å². The highest BCUT2D eigenvalue weighted by atomic mass is 35.5. The van der Waals surface area contributed by atoms with Crippen molar-refractivity contribution in [2.24, 2.45) is 4.40 Å². The number of rotatable bonds is 3. The van der Waals surface area contributed by atoms with Gasteiger partial charge in [-0.1, -0.05) is 22.1 Å². The van der Waals surface area contributed by atoms with Crippen LogP contribution in [0.5, 0.6) is 5.75 Å². The van der Waals surface area contributed by atoms with Gasteiger partial charge < -0.3 is 9.29 Å². The standard InChI is InChI=1S/C12H16ClNO2S/c1-12(2,3)17(15)14-8-9-10(13)6-5-7-11(9)16-4/h5-8H,1-4H3/b14-8-. The number of benzene rings is 1. The molecule has 1 aromatic rings. The maximum atomic E-state index is 11.8. The lowest BCUT2D eigenvalue weighted by Gasteiger charge is -2.17. The zero-order valence-electron chi connectivity index (χ0n) is 10.4. The first-order chi connectivity index (χ1) is 7.86. The van der Waals surface area contributed by atoms with E-state index in [1.807, 2.05) is 20.8 Å². The van der Waals surface area contributed by atoms with E-state index in [1.54, 1.807) is 25.3 Å². The lowest BCUT2D eigenvalue weighted by Crippen LogP contribution is -2.25. The average molecular weight is 274 g/mol. The number of halogens is 1. The molecule has 0 spiro atoms. The SMILES string of the molecule is COc1cccc(Cl)c1/C=N\[S+]([O-])C(C)(C)C. The Hall–Kier alpha value is -0.710. The first-order valence-electron chi connectivity index (χ1n) is 5.15. The second kappa shape index (κ2) is 5.76. The summed E-state index contributed by atoms with van der Waals surface area (Å²) in [5.41, 5.74) is 0.647. The van der Waals surface area contributed by atoms with E-state index in [2.05, 4.69) is 4.40 Å². The van der Waals surface area contributed by atoms with Crippen molar-refractivity contribution in [2.75, 3.05) is 7.11 Å². The third kappa shape index (κ3) is 3.91. The van der Waals surface area contributed by atoms with Crippen molar-refractivity contribution >= 4 is 29.2 Å². The molecule has 1 unspecified atom stereocenters. The summed E-state index contributed by atoms with van der Waals surface area (Å²) in [5, 5.41) is 0.527. The molecular formula is C12H16ClNO2S. The predicted octanol–water partition coefficient (Wildman–Crippen LogP) is 3.23. The smallest absolute Gasteiger partial charge is 0.144 e. The maximum absolute atomic E-state index is 11.8. The van der Waals surface area contributed by atoms with Gasteiger partial charge in [0.1, 0.15) is 21.9 Å². The van der Waals surface area contributed by atoms with Gasteiger partial charge in [-0.05, 0) is 32.9 Å². The molecule has 1 atom stereocenters. The molecule has 0 aliphatic carbocycles. The molecule has 0 aliphatic rings. The van der Waals surface area contributed by atoms with E-state index in [1.165, 1.54) is 6.21 Å². The monoisotopic (exact) mass is 273 g/mol. The van der Waals surface area contributed by atoms with Gasteiger partial charge in [-0.15, -0.1) is 0 Å². The van der Waals surface area contributed by atoms with Crippen LogP contribution in [0.4, 0.5) is 0 Å². The molecule has 0 fully saturated rings. The van der Waals surface area contributed by atoms with Crippen LogP contribution in [0.1, 0.15) is 26.3 Å². The lowest BCUT2D eigenvalue weighted by molar-refractivity contribution is 0.414. The third-order valence-electron chi connectivity index (χ3n) is 2.03. The van der Waals surface area contributed by atoms with Crippen LogP contribution in [0.2, 0.25) is 5.02 Å². The van der Waals surface area contributed by atoms with Crippen molar-refractivity contribution in [3.8, 4) is 5.75 Å². The Kier molecular flexibility index (Phi) is 4.86. The van der Waals surface area contributed by atoms with E-state index < -0.39 is 11.4 Å². The summed E-state index contributed by atoms with van der Waals surface area (Å²) in [6, 6.07) is 5.32. The molecule has 3 nitrogen and oxygen atoms in total. The molecule has 0 amide bonds. The van der Waals surface area contributed by atoms with E-state index in [9.17, 15) is 4.55 Å². The number of ether oxygens (including phenoxy) is 1. The minimum absolute atomic E-state index is 0.384. The second-order valence-electron chi connectivity index (χ2n) is 4.45. The van der Waals surface area contributed by atoms with E-state index in [0.29, 0.717) is 16.3 Å². The summed E-state index contributed by atoms with van der Waals surface area (Å²) in [4.78, 5) is 0. The van der Waals surface area contributed by atoms with Gasteiger partial charge in [-0.3, -0.25) is 0 Å². The van der Waals surface area contributed by atoms with Crippen LogP contribution in [0, 0.1) is 0 Å². The van der Waals surface area contributed by atoms with Crippen LogP contribution in [0.15, 0.2) is 22.6 Å². The van der Waals surface area contributed by atoms with Crippen LogP contribution in [-0.4, -0.2) is 22.6 Å². The Bertz CT molecular complexity index is 415. The van der Waals surface area contributed by atoms with Gasteiger partial charge in [0.05, 0.1) is 23.9 Å². The molecule has 0 radical (unpaired) electrons. The molecule has 0 saturated heterocycles. The van der Waals surface area contributed by atoms with Crippen molar-refractivity contribution < 1.29 is 9.29 Å². The number of hydrogen-bond donors (Lipinski definition) is 0. The van der Waals surface area contributed by atoms with E-state index in [4.69, 9.17) is 16.3 Å². The number of hydrogen-bond acceptors (Lipinski definition) is 3. The highest BCUT2D eigenvalue weighted by molar-refractivity contribution is 7.91. The summed E-state index contributed by atoms with van der Waals surface area (Å²) in [5.74, 6) is 0.618. The summed E-state index contributed by atoms with van der Waals surface area (Å²) < 4.78 is 20.6. The molecule has 94 valence electrons. The highest BCUT2D eigenvalue weighted by Crippen LogP contribution is 2.25. The number of nitrogens with zero attached hydrogens (tertiary/aromatic N) is 1. The normalized spacial score (nSPS) is 14.0. The second-order valence-corrected chi connectivity index (χ2v) is 6.79. The van der Waals surface area contributed by atoms with Crippen LogP contribution in [-0.2, 0) is 11.4 Å². The minimum Gasteiger partial charge on any atom is -0.591 e. The fraction of sp³-hybridized carbons (Fsp3) is 0.417. The van der Waals surface area contributed by atoms with Crippen LogP contribution in [0.3, 0.4) is 0 Å². The van der Waals surface area contributed by atoms with Gasteiger partial charge in [0.25, 0.3) is 0 Å². The quantitative estimate of drug-likeness (QED) is 0.627. The molecule has 0 aliphatic heterocycles. The minimum atomic E-state index is -1.30. The van der Waals surface area contributed by atoms with Crippen molar-refractivity contribution in [3.63, 3.8) is 0 Å². The van der Waals surface area contributed by atoms with Gasteiger partial charge in [0, 0.05) is 0 Å². The van der Waals surface area contributed by atoms with Crippen LogP contribution in [0.25, 0.3) is 0 Å². The molecule has 17 heavy (non-hydrogen) atoms. The Morgan fingerprint density at radius 3 is 2.59 bits per heavy atom. The average Bonchev–Trinajstić information content (AvgIpc) is 2.25. The van der Waals surface area contributed by atoms with Crippen molar-refractivity contribution in [1.82, 2.24) is 0 Å². The fourth-order valence-corrected chi connectivity index (χ4v) is 1.81. The Balaban J connectivity index is 2.99. The van der Waals surface area contributed by atoms with Crippen molar-refractivity contribution in [2.45, 2.75) is 25.5 Å². The summed E-state index contributed by atoms with van der Waals surface area (Å²) in [6.07, 6.45) is 1.50. The third-order valence-corrected chi connectivity index (χ3v) is 3.71. The van der Waals surface area contributed by atoms with Gasteiger partial charge in [-0.25, -0.2) is 0 Å². The zero-order chi connectivity index (χ0) is 13.1. The first kappa shape index (κ1) is 14.4. The Morgan fingerprint density at radius 2 is 2.06 bits per heavy atom. The summed E-state index contributed by atoms with van der Waals surface area (Å²) in [7, 11) is 1.56. The molecular weight excluding hydrogens is 258 g/mol. The first-order valence-corrected chi connectivity index (χ1v) is 6.63. The maximum Gasteiger partial charge on any atom is 0.144 e. The summed E-state index contributed by atoms with van der Waals surface area (Å²) in [6.45, 7) is 5.60. The fourth-order valence-electron chi connectivity index (χ4n) is 1.08. The van der Waals surface area contributed by atoms with E-state index in [-0.39, 0.29) is 4.75 Å². The predicted molar refractivity (Wildman–Crippen MR) is 73.5 cm³/mol. The molecule has 0 bridgehead atoms. The number of methoxy groups -OCH3 is 1. The van der Waals surface area contributed by atoms with Crippen LogP contribution < -0.4 is 4.74 Å². The largest absolute Gasteiger partial charge is 0.591 e. The lowest BCUT2D eigenvalue weighted by atomic mass is 10.2. The molecule has 0 aromatic heterocycles. The van der Waals surface area contributed by atoms with Crippen molar-refractivity contribution in [1.29, 1.82) is 0 Å². The summed E-state index contributed by atoms with van der Waals surface area (Å²) >= 11 is 4.73. The topological polar surface area (TPSA) is 44.6 Å². The van der Waals surface area contributed by atoms with Gasteiger partial charge in [0.2, 0.25) is 0 Å². The molecule has 1 aromatic carbocycles. The van der Waals surface area contributed by atoms with Gasteiger partial charge >= 0.3 is 0 Å². The molecule has 5 heteroatoms. The highest BCUT2D eigenvalue weighted by Gasteiger charge is 2.26. The van der Waals surface area contributed by atoms with Gasteiger partial charge in [-0.2, -0.15) is 0 Å². The molecule has 0 saturated carbocycles. The Labute approximate surface area is 110 Å². The van der Waals surface area contributed by atoms with E-state index in [0.717, 1.165) is 0 Å². The Morgan fingerprint density at radius 1 is 1.41 bits per heavy atom. The molecule has 0 N–H and O–H groups in total. The molecule has 1 rings (SSSR count). The van der Waals surface area contributed by atoms with Crippen LogP contribution >= 0.6 is 11.6 Å². The molecule has 0 heterocycles. The van der Waals surface area contributed by atoms with E-state index >= 15 is 0 Å². The van der Waals surface area contributed by atoms with Crippen molar-refractivity contribution in [3.05, 3.63) is 28.8 Å². The zero-order valence-corrected chi connectivity index (χ0v) is 11.9.